The van der Waals surface area contributed by atoms with Gasteiger partial charge in [0.15, 0.2) is 11.7 Å². The van der Waals surface area contributed by atoms with E-state index in [9.17, 15) is 0 Å². The molecular weight excluding hydrogens is 332 g/mol. The fraction of sp³-hybridized carbons (Fsp3) is 0.438. The second-order valence-electron chi connectivity index (χ2n) is 4.82. The van der Waals surface area contributed by atoms with Crippen molar-refractivity contribution < 1.29 is 9.15 Å². The van der Waals surface area contributed by atoms with Crippen LogP contribution in [0, 0.1) is 0 Å². The first-order valence-corrected chi connectivity index (χ1v) is 8.03. The van der Waals surface area contributed by atoms with E-state index in [0.29, 0.717) is 0 Å². The van der Waals surface area contributed by atoms with Crippen molar-refractivity contribution >= 4 is 15.9 Å². The predicted molar refractivity (Wildman–Crippen MR) is 87.7 cm³/mol. The summed E-state index contributed by atoms with van der Waals surface area (Å²) >= 11 is 3.53. The topological polar surface area (TPSA) is 47.3 Å². The van der Waals surface area contributed by atoms with Crippen LogP contribution in [0.3, 0.4) is 0 Å². The lowest BCUT2D eigenvalue weighted by Crippen LogP contribution is -2.16. The molecule has 0 atom stereocenters. The number of aryl methyl sites for hydroxylation is 1. The van der Waals surface area contributed by atoms with Gasteiger partial charge in [0.05, 0.1) is 13.3 Å². The number of halogens is 1. The summed E-state index contributed by atoms with van der Waals surface area (Å²) in [5.41, 5.74) is 0.956. The molecular formula is C16H21BrN2O2. The molecule has 4 nitrogen and oxygen atoms in total. The Morgan fingerprint density at radius 3 is 2.95 bits per heavy atom. The van der Waals surface area contributed by atoms with E-state index in [1.807, 2.05) is 18.2 Å². The lowest BCUT2D eigenvalue weighted by Gasteiger charge is -2.04. The molecule has 0 aliphatic rings. The quantitative estimate of drug-likeness (QED) is 0.728. The van der Waals surface area contributed by atoms with Crippen LogP contribution in [0.2, 0.25) is 0 Å². The zero-order chi connectivity index (χ0) is 15.1. The average Bonchev–Trinajstić information content (AvgIpc) is 2.96. The van der Waals surface area contributed by atoms with Crippen molar-refractivity contribution in [3.8, 4) is 17.1 Å². The van der Waals surface area contributed by atoms with Crippen LogP contribution in [0.25, 0.3) is 11.3 Å². The Balaban J connectivity index is 1.99. The number of methoxy groups -OCH3 is 1. The standard InChI is InChI=1S/C16H21BrN2O2/c1-3-8-18-9-4-5-16-19-11-15(21-16)13-10-12(20-2)6-7-14(13)17/h6-7,10-11,18H,3-5,8-9H2,1-2H3. The molecule has 1 aromatic heterocycles. The summed E-state index contributed by atoms with van der Waals surface area (Å²) in [5.74, 6) is 2.34. The van der Waals surface area contributed by atoms with Crippen LogP contribution in [-0.4, -0.2) is 25.2 Å². The van der Waals surface area contributed by atoms with Crippen molar-refractivity contribution in [1.29, 1.82) is 0 Å². The first-order chi connectivity index (χ1) is 10.2. The number of nitrogens with zero attached hydrogens (tertiary/aromatic N) is 1. The van der Waals surface area contributed by atoms with Crippen LogP contribution < -0.4 is 10.1 Å². The number of oxazole rings is 1. The van der Waals surface area contributed by atoms with Crippen molar-refractivity contribution in [2.45, 2.75) is 26.2 Å². The van der Waals surface area contributed by atoms with Crippen molar-refractivity contribution in [1.82, 2.24) is 10.3 Å². The van der Waals surface area contributed by atoms with Crippen molar-refractivity contribution in [2.75, 3.05) is 20.2 Å². The van der Waals surface area contributed by atoms with E-state index >= 15 is 0 Å². The second-order valence-corrected chi connectivity index (χ2v) is 5.67. The van der Waals surface area contributed by atoms with Crippen LogP contribution in [-0.2, 0) is 6.42 Å². The minimum absolute atomic E-state index is 0.761. The second kappa shape index (κ2) is 8.20. The molecule has 0 spiro atoms. The first kappa shape index (κ1) is 16.0. The largest absolute Gasteiger partial charge is 0.497 e. The molecule has 21 heavy (non-hydrogen) atoms. The molecule has 1 aromatic carbocycles. The highest BCUT2D eigenvalue weighted by Crippen LogP contribution is 2.32. The van der Waals surface area contributed by atoms with E-state index in [2.05, 4.69) is 33.2 Å². The summed E-state index contributed by atoms with van der Waals surface area (Å²) in [6.45, 7) is 4.22. The van der Waals surface area contributed by atoms with E-state index in [4.69, 9.17) is 9.15 Å². The van der Waals surface area contributed by atoms with E-state index in [1.165, 1.54) is 0 Å². The summed E-state index contributed by atoms with van der Waals surface area (Å²) in [6.07, 6.45) is 4.80. The Morgan fingerprint density at radius 1 is 1.33 bits per heavy atom. The van der Waals surface area contributed by atoms with Gasteiger partial charge in [-0.15, -0.1) is 0 Å². The van der Waals surface area contributed by atoms with Gasteiger partial charge in [0.25, 0.3) is 0 Å². The number of aromatic nitrogens is 1. The van der Waals surface area contributed by atoms with Crippen molar-refractivity contribution in [3.05, 3.63) is 34.8 Å². The highest BCUT2D eigenvalue weighted by molar-refractivity contribution is 9.10. The highest BCUT2D eigenvalue weighted by Gasteiger charge is 2.11. The maximum Gasteiger partial charge on any atom is 0.194 e. The number of hydrogen-bond acceptors (Lipinski definition) is 4. The summed E-state index contributed by atoms with van der Waals surface area (Å²) in [5, 5.41) is 3.37. The minimum Gasteiger partial charge on any atom is -0.497 e. The summed E-state index contributed by atoms with van der Waals surface area (Å²) in [7, 11) is 1.65. The molecule has 0 bridgehead atoms. The molecule has 0 radical (unpaired) electrons. The maximum absolute atomic E-state index is 5.83. The van der Waals surface area contributed by atoms with Gasteiger partial charge in [0.1, 0.15) is 5.75 Å². The van der Waals surface area contributed by atoms with Gasteiger partial charge in [-0.05, 0) is 44.1 Å². The van der Waals surface area contributed by atoms with E-state index in [-0.39, 0.29) is 0 Å². The average molecular weight is 353 g/mol. The molecule has 1 heterocycles. The summed E-state index contributed by atoms with van der Waals surface area (Å²) < 4.78 is 12.0. The third-order valence-corrected chi connectivity index (χ3v) is 3.86. The third kappa shape index (κ3) is 4.58. The molecule has 2 rings (SSSR count). The van der Waals surface area contributed by atoms with E-state index in [1.54, 1.807) is 13.3 Å². The Morgan fingerprint density at radius 2 is 2.19 bits per heavy atom. The molecule has 0 saturated heterocycles. The van der Waals surface area contributed by atoms with Gasteiger partial charge in [-0.3, -0.25) is 0 Å². The Labute approximate surface area is 134 Å². The lowest BCUT2D eigenvalue weighted by atomic mass is 10.2. The molecule has 0 amide bonds. The molecule has 114 valence electrons. The fourth-order valence-electron chi connectivity index (χ4n) is 2.04. The molecule has 2 aromatic rings. The first-order valence-electron chi connectivity index (χ1n) is 7.24. The van der Waals surface area contributed by atoms with Gasteiger partial charge in [-0.25, -0.2) is 4.98 Å². The van der Waals surface area contributed by atoms with E-state index in [0.717, 1.165) is 59.8 Å². The minimum atomic E-state index is 0.761. The predicted octanol–water partition coefficient (Wildman–Crippen LogP) is 4.04. The van der Waals surface area contributed by atoms with Crippen LogP contribution in [0.4, 0.5) is 0 Å². The number of nitrogens with one attached hydrogen (secondary N) is 1. The maximum atomic E-state index is 5.83. The summed E-state index contributed by atoms with van der Waals surface area (Å²) in [4.78, 5) is 4.35. The van der Waals surface area contributed by atoms with Gasteiger partial charge in [0.2, 0.25) is 0 Å². The van der Waals surface area contributed by atoms with Crippen molar-refractivity contribution in [3.63, 3.8) is 0 Å². The molecule has 0 unspecified atom stereocenters. The SMILES string of the molecule is CCCNCCCc1ncc(-c2cc(OC)ccc2Br)o1. The van der Waals surface area contributed by atoms with Crippen LogP contribution in [0.1, 0.15) is 25.7 Å². The summed E-state index contributed by atoms with van der Waals surface area (Å²) in [6, 6.07) is 5.80. The number of rotatable bonds is 8. The third-order valence-electron chi connectivity index (χ3n) is 3.16. The number of benzene rings is 1. The Kier molecular flexibility index (Phi) is 6.26. The number of hydrogen-bond donors (Lipinski definition) is 1. The van der Waals surface area contributed by atoms with Crippen LogP contribution in [0.15, 0.2) is 33.3 Å². The smallest absolute Gasteiger partial charge is 0.194 e. The van der Waals surface area contributed by atoms with Gasteiger partial charge in [-0.1, -0.05) is 22.9 Å². The monoisotopic (exact) mass is 352 g/mol. The molecule has 0 saturated carbocycles. The zero-order valence-electron chi connectivity index (χ0n) is 12.5. The molecule has 0 aliphatic carbocycles. The zero-order valence-corrected chi connectivity index (χ0v) is 14.1. The normalized spacial score (nSPS) is 10.8. The highest BCUT2D eigenvalue weighted by atomic mass is 79.9. The number of ether oxygens (including phenoxy) is 1. The Bertz CT molecular complexity index is 569. The molecule has 1 N–H and O–H groups in total. The van der Waals surface area contributed by atoms with Gasteiger partial charge in [0, 0.05) is 16.5 Å². The molecule has 0 aliphatic heterocycles. The Hall–Kier alpha value is -1.33. The van der Waals surface area contributed by atoms with Crippen molar-refractivity contribution in [2.24, 2.45) is 0 Å². The van der Waals surface area contributed by atoms with Gasteiger partial charge >= 0.3 is 0 Å². The van der Waals surface area contributed by atoms with Crippen LogP contribution >= 0.6 is 15.9 Å². The molecule has 5 heteroatoms. The fourth-order valence-corrected chi connectivity index (χ4v) is 2.48. The van der Waals surface area contributed by atoms with E-state index < -0.39 is 0 Å². The van der Waals surface area contributed by atoms with Gasteiger partial charge < -0.3 is 14.5 Å². The lowest BCUT2D eigenvalue weighted by molar-refractivity contribution is 0.414. The molecule has 0 fully saturated rings. The van der Waals surface area contributed by atoms with Gasteiger partial charge in [-0.2, -0.15) is 0 Å². The van der Waals surface area contributed by atoms with Crippen LogP contribution in [0.5, 0.6) is 5.75 Å².